The molecule has 0 saturated heterocycles. The van der Waals surface area contributed by atoms with E-state index in [4.69, 9.17) is 14.6 Å². The van der Waals surface area contributed by atoms with E-state index in [0.29, 0.717) is 18.8 Å². The lowest BCUT2D eigenvalue weighted by Crippen LogP contribution is -2.07. The van der Waals surface area contributed by atoms with Crippen LogP contribution in [0.4, 0.5) is 0 Å². The zero-order chi connectivity index (χ0) is 14.9. The van der Waals surface area contributed by atoms with Gasteiger partial charge in [0, 0.05) is 0 Å². The number of aromatic hydroxyl groups is 1. The number of esters is 1. The molecule has 0 atom stereocenters. The molecule has 0 aliphatic carbocycles. The van der Waals surface area contributed by atoms with Gasteiger partial charge in [0.2, 0.25) is 0 Å². The van der Waals surface area contributed by atoms with Crippen LogP contribution in [0.25, 0.3) is 0 Å². The number of carbonyl (C=O) groups excluding carboxylic acids is 1. The molecule has 0 aliphatic heterocycles. The van der Waals surface area contributed by atoms with Crippen LogP contribution in [0.15, 0.2) is 54.6 Å². The topological polar surface area (TPSA) is 55.8 Å². The molecule has 0 fully saturated rings. The van der Waals surface area contributed by atoms with Crippen molar-refractivity contribution < 1.29 is 19.4 Å². The van der Waals surface area contributed by atoms with Gasteiger partial charge in [-0.25, -0.2) is 4.79 Å². The molecule has 2 aromatic carbocycles. The zero-order valence-electron chi connectivity index (χ0n) is 11.7. The smallest absolute Gasteiger partial charge is 0.338 e. The minimum absolute atomic E-state index is 0.129. The second kappa shape index (κ2) is 7.94. The average molecular weight is 286 g/mol. The Morgan fingerprint density at radius 3 is 2.29 bits per heavy atom. The monoisotopic (exact) mass is 286 g/mol. The number of rotatable bonds is 7. The summed E-state index contributed by atoms with van der Waals surface area (Å²) in [4.78, 5) is 11.7. The molecule has 0 heterocycles. The first-order chi connectivity index (χ1) is 10.3. The van der Waals surface area contributed by atoms with Crippen molar-refractivity contribution in [1.29, 1.82) is 0 Å². The Kier molecular flexibility index (Phi) is 5.64. The number of para-hydroxylation sites is 1. The third kappa shape index (κ3) is 5.18. The van der Waals surface area contributed by atoms with Gasteiger partial charge in [0.25, 0.3) is 0 Å². The molecule has 0 spiro atoms. The molecule has 110 valence electrons. The number of hydrogen-bond acceptors (Lipinski definition) is 4. The van der Waals surface area contributed by atoms with E-state index in [9.17, 15) is 4.79 Å². The first kappa shape index (κ1) is 14.9. The zero-order valence-corrected chi connectivity index (χ0v) is 11.7. The van der Waals surface area contributed by atoms with Crippen molar-refractivity contribution in [1.82, 2.24) is 0 Å². The van der Waals surface area contributed by atoms with Crippen LogP contribution in [0.2, 0.25) is 0 Å². The van der Waals surface area contributed by atoms with Gasteiger partial charge in [-0.3, -0.25) is 0 Å². The first-order valence-corrected chi connectivity index (χ1v) is 6.90. The predicted molar refractivity (Wildman–Crippen MR) is 79.6 cm³/mol. The van der Waals surface area contributed by atoms with E-state index in [-0.39, 0.29) is 11.7 Å². The standard InChI is InChI=1S/C17H18O4/c18-15-10-8-14(9-11-15)17(19)21-13-5-4-12-20-16-6-2-1-3-7-16/h1-3,6-11,18H,4-5,12-13H2. The van der Waals surface area contributed by atoms with Gasteiger partial charge in [-0.15, -0.1) is 0 Å². The van der Waals surface area contributed by atoms with E-state index in [1.807, 2.05) is 30.3 Å². The molecule has 0 saturated carbocycles. The third-order valence-corrected chi connectivity index (χ3v) is 2.89. The second-order valence-electron chi connectivity index (χ2n) is 4.55. The van der Waals surface area contributed by atoms with Gasteiger partial charge in [-0.1, -0.05) is 18.2 Å². The van der Waals surface area contributed by atoms with Crippen LogP contribution in [-0.4, -0.2) is 24.3 Å². The van der Waals surface area contributed by atoms with Crippen LogP contribution in [0.3, 0.4) is 0 Å². The molecule has 2 aromatic rings. The van der Waals surface area contributed by atoms with E-state index in [0.717, 1.165) is 18.6 Å². The minimum Gasteiger partial charge on any atom is -0.508 e. The van der Waals surface area contributed by atoms with Gasteiger partial charge in [0.1, 0.15) is 11.5 Å². The van der Waals surface area contributed by atoms with Crippen molar-refractivity contribution in [3.05, 3.63) is 60.2 Å². The molecule has 0 radical (unpaired) electrons. The molecule has 21 heavy (non-hydrogen) atoms. The van der Waals surface area contributed by atoms with Crippen LogP contribution >= 0.6 is 0 Å². The Morgan fingerprint density at radius 2 is 1.57 bits per heavy atom. The van der Waals surface area contributed by atoms with Crippen molar-refractivity contribution in [2.45, 2.75) is 12.8 Å². The summed E-state index contributed by atoms with van der Waals surface area (Å²) < 4.78 is 10.7. The lowest BCUT2D eigenvalue weighted by Gasteiger charge is -2.07. The van der Waals surface area contributed by atoms with Crippen molar-refractivity contribution >= 4 is 5.97 Å². The third-order valence-electron chi connectivity index (χ3n) is 2.89. The predicted octanol–water partition coefficient (Wildman–Crippen LogP) is 3.41. The minimum atomic E-state index is -0.376. The maximum absolute atomic E-state index is 11.7. The van der Waals surface area contributed by atoms with E-state index in [1.54, 1.807) is 0 Å². The molecule has 0 amide bonds. The Bertz CT molecular complexity index is 549. The summed E-state index contributed by atoms with van der Waals surface area (Å²) in [6.07, 6.45) is 1.56. The molecular weight excluding hydrogens is 268 g/mol. The molecule has 0 aromatic heterocycles. The Labute approximate surface area is 123 Å². The fraction of sp³-hybridized carbons (Fsp3) is 0.235. The largest absolute Gasteiger partial charge is 0.508 e. The normalized spacial score (nSPS) is 10.1. The number of ether oxygens (including phenoxy) is 2. The number of unbranched alkanes of at least 4 members (excludes halogenated alkanes) is 1. The summed E-state index contributed by atoms with van der Waals surface area (Å²) in [7, 11) is 0. The molecule has 0 unspecified atom stereocenters. The van der Waals surface area contributed by atoms with E-state index in [1.165, 1.54) is 24.3 Å². The lowest BCUT2D eigenvalue weighted by molar-refractivity contribution is 0.0494. The van der Waals surface area contributed by atoms with Gasteiger partial charge in [-0.05, 0) is 49.2 Å². The summed E-state index contributed by atoms with van der Waals surface area (Å²) >= 11 is 0. The maximum atomic E-state index is 11.7. The van der Waals surface area contributed by atoms with Crippen molar-refractivity contribution in [2.24, 2.45) is 0 Å². The van der Waals surface area contributed by atoms with Crippen molar-refractivity contribution in [2.75, 3.05) is 13.2 Å². The average Bonchev–Trinajstić information content (AvgIpc) is 2.52. The maximum Gasteiger partial charge on any atom is 0.338 e. The molecular formula is C17H18O4. The number of phenols is 1. The lowest BCUT2D eigenvalue weighted by atomic mass is 10.2. The summed E-state index contributed by atoms with van der Waals surface area (Å²) in [5.41, 5.74) is 0.438. The molecule has 4 heteroatoms. The van der Waals surface area contributed by atoms with Gasteiger partial charge in [-0.2, -0.15) is 0 Å². The van der Waals surface area contributed by atoms with Gasteiger partial charge >= 0.3 is 5.97 Å². The van der Waals surface area contributed by atoms with Crippen LogP contribution in [0, 0.1) is 0 Å². The van der Waals surface area contributed by atoms with E-state index < -0.39 is 0 Å². The van der Waals surface area contributed by atoms with Gasteiger partial charge in [0.15, 0.2) is 0 Å². The highest BCUT2D eigenvalue weighted by Crippen LogP contribution is 2.11. The fourth-order valence-electron chi connectivity index (χ4n) is 1.76. The van der Waals surface area contributed by atoms with Gasteiger partial charge in [0.05, 0.1) is 18.8 Å². The number of benzene rings is 2. The quantitative estimate of drug-likeness (QED) is 0.626. The Morgan fingerprint density at radius 1 is 0.905 bits per heavy atom. The summed E-state index contributed by atoms with van der Waals surface area (Å²) in [6.45, 7) is 0.957. The SMILES string of the molecule is O=C(OCCCCOc1ccccc1)c1ccc(O)cc1. The second-order valence-corrected chi connectivity index (χ2v) is 4.55. The number of carbonyl (C=O) groups is 1. The van der Waals surface area contributed by atoms with Crippen LogP contribution in [0.1, 0.15) is 23.2 Å². The molecule has 0 aliphatic rings. The first-order valence-electron chi connectivity index (χ1n) is 6.90. The molecule has 1 N–H and O–H groups in total. The summed E-state index contributed by atoms with van der Waals surface area (Å²) in [5.74, 6) is 0.599. The van der Waals surface area contributed by atoms with Crippen LogP contribution in [0.5, 0.6) is 11.5 Å². The highest BCUT2D eigenvalue weighted by molar-refractivity contribution is 5.89. The number of phenolic OH excluding ortho intramolecular Hbond substituents is 1. The molecule has 4 nitrogen and oxygen atoms in total. The highest BCUT2D eigenvalue weighted by Gasteiger charge is 2.06. The molecule has 0 bridgehead atoms. The summed E-state index contributed by atoms with van der Waals surface area (Å²) in [5, 5.41) is 9.14. The Balaban J connectivity index is 1.59. The van der Waals surface area contributed by atoms with Gasteiger partial charge < -0.3 is 14.6 Å². The highest BCUT2D eigenvalue weighted by atomic mass is 16.5. The van der Waals surface area contributed by atoms with Crippen LogP contribution < -0.4 is 4.74 Å². The summed E-state index contributed by atoms with van der Waals surface area (Å²) in [6, 6.07) is 15.6. The van der Waals surface area contributed by atoms with Crippen LogP contribution in [-0.2, 0) is 4.74 Å². The van der Waals surface area contributed by atoms with E-state index >= 15 is 0 Å². The fourth-order valence-corrected chi connectivity index (χ4v) is 1.76. The van der Waals surface area contributed by atoms with Crippen molar-refractivity contribution in [3.8, 4) is 11.5 Å². The molecule has 2 rings (SSSR count). The Hall–Kier alpha value is -2.49. The number of hydrogen-bond donors (Lipinski definition) is 1. The van der Waals surface area contributed by atoms with E-state index in [2.05, 4.69) is 0 Å². The van der Waals surface area contributed by atoms with Crippen molar-refractivity contribution in [3.63, 3.8) is 0 Å².